The van der Waals surface area contributed by atoms with Crippen LogP contribution in [0.4, 0.5) is 13.2 Å². The van der Waals surface area contributed by atoms with Gasteiger partial charge in [0.2, 0.25) is 0 Å². The minimum Gasteiger partial charge on any atom is -0.482 e. The normalized spacial score (nSPS) is 14.4. The van der Waals surface area contributed by atoms with Gasteiger partial charge in [0.05, 0.1) is 5.56 Å². The molecule has 0 bridgehead atoms. The van der Waals surface area contributed by atoms with E-state index in [4.69, 9.17) is 9.84 Å². The second-order valence-electron chi connectivity index (χ2n) is 8.16. The third kappa shape index (κ3) is 5.93. The van der Waals surface area contributed by atoms with E-state index in [-0.39, 0.29) is 6.61 Å². The number of aliphatic carboxylic acids is 1. The van der Waals surface area contributed by atoms with Gasteiger partial charge in [-0.15, -0.1) is 0 Å². The van der Waals surface area contributed by atoms with Crippen molar-refractivity contribution in [3.8, 4) is 16.9 Å². The van der Waals surface area contributed by atoms with Gasteiger partial charge in [-0.1, -0.05) is 42.5 Å². The van der Waals surface area contributed by atoms with E-state index in [0.717, 1.165) is 61.3 Å². The fraction of sp³-hybridized carbons (Fsp3) is 0.269. The molecule has 1 aliphatic rings. The third-order valence-electron chi connectivity index (χ3n) is 5.84. The van der Waals surface area contributed by atoms with Gasteiger partial charge in [-0.05, 0) is 64.9 Å². The highest BCUT2D eigenvalue weighted by Crippen LogP contribution is 2.31. The summed E-state index contributed by atoms with van der Waals surface area (Å²) in [6, 6.07) is 18.9. The quantitative estimate of drug-likeness (QED) is 0.538. The highest BCUT2D eigenvalue weighted by atomic mass is 19.4. The molecular weight excluding hydrogens is 431 g/mol. The van der Waals surface area contributed by atoms with Gasteiger partial charge < -0.3 is 9.84 Å². The summed E-state index contributed by atoms with van der Waals surface area (Å²) in [6.45, 7) is 2.20. The zero-order chi connectivity index (χ0) is 23.4. The molecule has 3 aromatic rings. The fourth-order valence-electron chi connectivity index (χ4n) is 4.05. The number of halogens is 3. The van der Waals surface area contributed by atoms with E-state index in [2.05, 4.69) is 4.90 Å². The minimum absolute atomic E-state index is 0.354. The topological polar surface area (TPSA) is 49.8 Å². The molecule has 0 aromatic heterocycles. The van der Waals surface area contributed by atoms with Crippen LogP contribution in [0.25, 0.3) is 11.1 Å². The standard InChI is InChI=1S/C26H24F3NO3/c27-26(28,29)23-8-5-20(6-9-23)19-3-1-18(2-4-19)16-30-13-11-21-7-10-24(33-17-25(31)32)15-22(21)12-14-30/h1-10,15H,11-14,16-17H2,(H,31,32). The first-order chi connectivity index (χ1) is 15.8. The van der Waals surface area contributed by atoms with E-state index in [9.17, 15) is 18.0 Å². The Kier molecular flexibility index (Phi) is 6.70. The summed E-state index contributed by atoms with van der Waals surface area (Å²) >= 11 is 0. The lowest BCUT2D eigenvalue weighted by Gasteiger charge is -2.20. The molecule has 0 fully saturated rings. The SMILES string of the molecule is O=C(O)COc1ccc2c(c1)CCN(Cc1ccc(-c3ccc(C(F)(F)F)cc3)cc1)CC2. The lowest BCUT2D eigenvalue weighted by Crippen LogP contribution is -2.25. The summed E-state index contributed by atoms with van der Waals surface area (Å²) in [7, 11) is 0. The Balaban J connectivity index is 1.37. The maximum absolute atomic E-state index is 12.8. The van der Waals surface area contributed by atoms with Gasteiger partial charge in [0.25, 0.3) is 0 Å². The Morgan fingerprint density at radius 2 is 1.48 bits per heavy atom. The summed E-state index contributed by atoms with van der Waals surface area (Å²) in [6.07, 6.45) is -2.58. The van der Waals surface area contributed by atoms with Crippen molar-refractivity contribution >= 4 is 5.97 Å². The molecule has 0 unspecified atom stereocenters. The highest BCUT2D eigenvalue weighted by Gasteiger charge is 2.29. The van der Waals surface area contributed by atoms with Crippen LogP contribution in [0.15, 0.2) is 66.7 Å². The lowest BCUT2D eigenvalue weighted by atomic mass is 10.0. The highest BCUT2D eigenvalue weighted by molar-refractivity contribution is 5.68. The summed E-state index contributed by atoms with van der Waals surface area (Å²) in [5.74, 6) is -0.427. The van der Waals surface area contributed by atoms with Crippen molar-refractivity contribution in [1.29, 1.82) is 0 Å². The summed E-state index contributed by atoms with van der Waals surface area (Å²) < 4.78 is 43.6. The van der Waals surface area contributed by atoms with E-state index < -0.39 is 17.7 Å². The number of alkyl halides is 3. The van der Waals surface area contributed by atoms with Crippen molar-refractivity contribution in [1.82, 2.24) is 4.90 Å². The van der Waals surface area contributed by atoms with Gasteiger partial charge >= 0.3 is 12.1 Å². The first-order valence-electron chi connectivity index (χ1n) is 10.7. The van der Waals surface area contributed by atoms with Crippen molar-refractivity contribution in [2.45, 2.75) is 25.6 Å². The average Bonchev–Trinajstić information content (AvgIpc) is 3.00. The molecule has 4 rings (SSSR count). The molecular formula is C26H24F3NO3. The molecule has 4 nitrogen and oxygen atoms in total. The Hall–Kier alpha value is -3.32. The fourth-order valence-corrected chi connectivity index (χ4v) is 4.05. The zero-order valence-electron chi connectivity index (χ0n) is 17.9. The molecule has 1 heterocycles. The van der Waals surface area contributed by atoms with E-state index in [0.29, 0.717) is 5.75 Å². The Bertz CT molecular complexity index is 1110. The summed E-state index contributed by atoms with van der Waals surface area (Å²) in [5, 5.41) is 8.78. The van der Waals surface area contributed by atoms with Gasteiger partial charge in [0.1, 0.15) is 5.75 Å². The Morgan fingerprint density at radius 1 is 0.879 bits per heavy atom. The number of ether oxygens (including phenoxy) is 1. The van der Waals surface area contributed by atoms with Crippen LogP contribution in [-0.2, 0) is 30.4 Å². The molecule has 1 N–H and O–H groups in total. The first kappa shape index (κ1) is 22.9. The van der Waals surface area contributed by atoms with Crippen molar-refractivity contribution < 1.29 is 27.8 Å². The predicted octanol–water partition coefficient (Wildman–Crippen LogP) is 5.44. The number of benzene rings is 3. The molecule has 172 valence electrons. The summed E-state index contributed by atoms with van der Waals surface area (Å²) in [4.78, 5) is 13.1. The maximum Gasteiger partial charge on any atom is 0.416 e. The van der Waals surface area contributed by atoms with Crippen LogP contribution in [0.3, 0.4) is 0 Å². The molecule has 1 aliphatic heterocycles. The third-order valence-corrected chi connectivity index (χ3v) is 5.84. The average molecular weight is 455 g/mol. The van der Waals surface area contributed by atoms with E-state index >= 15 is 0 Å². The summed E-state index contributed by atoms with van der Waals surface area (Å²) in [5.41, 5.74) is 4.55. The molecule has 33 heavy (non-hydrogen) atoms. The van der Waals surface area contributed by atoms with Crippen LogP contribution in [0.2, 0.25) is 0 Å². The molecule has 0 radical (unpaired) electrons. The van der Waals surface area contributed by atoms with Crippen molar-refractivity contribution in [2.75, 3.05) is 19.7 Å². The largest absolute Gasteiger partial charge is 0.482 e. The van der Waals surface area contributed by atoms with Crippen LogP contribution in [0.5, 0.6) is 5.75 Å². The minimum atomic E-state index is -4.33. The smallest absolute Gasteiger partial charge is 0.416 e. The van der Waals surface area contributed by atoms with E-state index in [1.807, 2.05) is 42.5 Å². The molecule has 0 amide bonds. The monoisotopic (exact) mass is 455 g/mol. The predicted molar refractivity (Wildman–Crippen MR) is 119 cm³/mol. The number of nitrogens with zero attached hydrogens (tertiary/aromatic N) is 1. The number of rotatable bonds is 6. The van der Waals surface area contributed by atoms with Gasteiger partial charge in [0.15, 0.2) is 6.61 Å². The van der Waals surface area contributed by atoms with Crippen LogP contribution < -0.4 is 4.74 Å². The number of fused-ring (bicyclic) bond motifs is 1. The van der Waals surface area contributed by atoms with Crippen LogP contribution in [0, 0.1) is 0 Å². The van der Waals surface area contributed by atoms with Crippen LogP contribution >= 0.6 is 0 Å². The van der Waals surface area contributed by atoms with Gasteiger partial charge in [-0.25, -0.2) is 4.79 Å². The molecule has 0 saturated carbocycles. The Morgan fingerprint density at radius 3 is 2.09 bits per heavy atom. The van der Waals surface area contributed by atoms with Crippen LogP contribution in [0.1, 0.15) is 22.3 Å². The number of hydrogen-bond donors (Lipinski definition) is 1. The van der Waals surface area contributed by atoms with Crippen molar-refractivity contribution in [2.24, 2.45) is 0 Å². The van der Waals surface area contributed by atoms with Crippen LogP contribution in [-0.4, -0.2) is 35.7 Å². The van der Waals surface area contributed by atoms with Gasteiger partial charge in [-0.2, -0.15) is 13.2 Å². The second-order valence-corrected chi connectivity index (χ2v) is 8.16. The van der Waals surface area contributed by atoms with Gasteiger partial charge in [-0.3, -0.25) is 4.90 Å². The van der Waals surface area contributed by atoms with E-state index in [1.54, 1.807) is 0 Å². The number of hydrogen-bond acceptors (Lipinski definition) is 3. The maximum atomic E-state index is 12.8. The van der Waals surface area contributed by atoms with E-state index in [1.165, 1.54) is 23.3 Å². The van der Waals surface area contributed by atoms with Crippen molar-refractivity contribution in [3.63, 3.8) is 0 Å². The molecule has 0 saturated heterocycles. The molecule has 3 aromatic carbocycles. The second kappa shape index (κ2) is 9.67. The van der Waals surface area contributed by atoms with Crippen molar-refractivity contribution in [3.05, 3.63) is 89.0 Å². The molecule has 0 spiro atoms. The Labute approximate surface area is 190 Å². The first-order valence-corrected chi connectivity index (χ1v) is 10.7. The molecule has 0 aliphatic carbocycles. The molecule has 0 atom stereocenters. The number of carboxylic acids is 1. The number of carboxylic acid groups (broad SMARTS) is 1. The number of carbonyl (C=O) groups is 1. The molecule has 7 heteroatoms. The zero-order valence-corrected chi connectivity index (χ0v) is 17.9. The lowest BCUT2D eigenvalue weighted by molar-refractivity contribution is -0.139. The van der Waals surface area contributed by atoms with Gasteiger partial charge in [0, 0.05) is 19.6 Å².